The van der Waals surface area contributed by atoms with E-state index >= 15 is 0 Å². The first-order valence-electron chi connectivity index (χ1n) is 8.40. The number of rotatable bonds is 4. The summed E-state index contributed by atoms with van der Waals surface area (Å²) in [4.78, 5) is 22.8. The fourth-order valence-electron chi connectivity index (χ4n) is 3.06. The maximum atomic E-state index is 11.9. The van der Waals surface area contributed by atoms with Crippen LogP contribution >= 0.6 is 11.3 Å². The van der Waals surface area contributed by atoms with Crippen molar-refractivity contribution < 1.29 is 9.53 Å². The summed E-state index contributed by atoms with van der Waals surface area (Å²) in [6.45, 7) is 9.09. The number of hydrogen-bond acceptors (Lipinski definition) is 6. The highest BCUT2D eigenvalue weighted by atomic mass is 32.1. The molecule has 1 aliphatic rings. The average molecular weight is 361 g/mol. The standard InChI is InChI=1S/C17H23N5O2S/c1-9-14-10(2)19-12(4)20-16(14)25-15(9)11(3)21-22-17(23)18-8-13-6-5-7-24-13/h13H,5-8H2,1-4H3,(H2,18,22,23)/t13-/m1/s1. The van der Waals surface area contributed by atoms with E-state index in [9.17, 15) is 4.79 Å². The van der Waals surface area contributed by atoms with Crippen molar-refractivity contribution in [1.82, 2.24) is 20.7 Å². The van der Waals surface area contributed by atoms with E-state index in [1.165, 1.54) is 0 Å². The van der Waals surface area contributed by atoms with Gasteiger partial charge in [-0.3, -0.25) is 0 Å². The first kappa shape index (κ1) is 17.8. The molecule has 0 unspecified atom stereocenters. The van der Waals surface area contributed by atoms with E-state index < -0.39 is 0 Å². The molecule has 0 aromatic carbocycles. The van der Waals surface area contributed by atoms with Crippen molar-refractivity contribution in [2.24, 2.45) is 5.10 Å². The molecule has 2 aromatic rings. The third-order valence-corrected chi connectivity index (χ3v) is 5.55. The number of carbonyl (C=O) groups excluding carboxylic acids is 1. The van der Waals surface area contributed by atoms with Crippen LogP contribution in [0.4, 0.5) is 4.79 Å². The number of thiophene rings is 1. The van der Waals surface area contributed by atoms with Gasteiger partial charge >= 0.3 is 6.03 Å². The van der Waals surface area contributed by atoms with Crippen LogP contribution in [0.5, 0.6) is 0 Å². The van der Waals surface area contributed by atoms with E-state index in [-0.39, 0.29) is 12.1 Å². The Hall–Kier alpha value is -2.06. The minimum absolute atomic E-state index is 0.116. The molecule has 1 saturated heterocycles. The van der Waals surface area contributed by atoms with Crippen molar-refractivity contribution in [2.75, 3.05) is 13.2 Å². The molecule has 0 saturated carbocycles. The lowest BCUT2D eigenvalue weighted by Crippen LogP contribution is -2.37. The molecule has 0 bridgehead atoms. The predicted molar refractivity (Wildman–Crippen MR) is 99.3 cm³/mol. The Balaban J connectivity index is 1.69. The molecule has 2 N–H and O–H groups in total. The van der Waals surface area contributed by atoms with E-state index in [1.807, 2.05) is 27.7 Å². The fraction of sp³-hybridized carbons (Fsp3) is 0.529. The van der Waals surface area contributed by atoms with Crippen LogP contribution in [-0.2, 0) is 4.74 Å². The Bertz CT molecular complexity index is 824. The van der Waals surface area contributed by atoms with Crippen molar-refractivity contribution >= 4 is 33.3 Å². The summed E-state index contributed by atoms with van der Waals surface area (Å²) < 4.78 is 5.48. The molecule has 134 valence electrons. The molecule has 3 rings (SSSR count). The van der Waals surface area contributed by atoms with Crippen LogP contribution in [0, 0.1) is 20.8 Å². The molecule has 8 heteroatoms. The monoisotopic (exact) mass is 361 g/mol. The molecule has 0 radical (unpaired) electrons. The number of nitrogens with zero attached hydrogens (tertiary/aromatic N) is 3. The summed E-state index contributed by atoms with van der Waals surface area (Å²) in [5, 5.41) is 8.08. The van der Waals surface area contributed by atoms with Crippen LogP contribution in [0.1, 0.15) is 41.7 Å². The van der Waals surface area contributed by atoms with Gasteiger partial charge in [0.05, 0.1) is 16.7 Å². The number of aryl methyl sites for hydroxylation is 3. The van der Waals surface area contributed by atoms with Gasteiger partial charge < -0.3 is 10.1 Å². The zero-order valence-electron chi connectivity index (χ0n) is 15.0. The minimum atomic E-state index is -0.319. The summed E-state index contributed by atoms with van der Waals surface area (Å²) in [6, 6.07) is -0.319. The molecule has 2 amide bonds. The summed E-state index contributed by atoms with van der Waals surface area (Å²) >= 11 is 1.57. The highest BCUT2D eigenvalue weighted by Crippen LogP contribution is 2.31. The number of hydrogen-bond donors (Lipinski definition) is 2. The summed E-state index contributed by atoms with van der Waals surface area (Å²) in [7, 11) is 0. The van der Waals surface area contributed by atoms with Gasteiger partial charge in [0.1, 0.15) is 10.7 Å². The van der Waals surface area contributed by atoms with Crippen LogP contribution in [0.25, 0.3) is 10.2 Å². The van der Waals surface area contributed by atoms with E-state index in [0.29, 0.717) is 6.54 Å². The lowest BCUT2D eigenvalue weighted by atomic mass is 10.1. The summed E-state index contributed by atoms with van der Waals surface area (Å²) in [5.74, 6) is 0.763. The highest BCUT2D eigenvalue weighted by Gasteiger charge is 2.17. The minimum Gasteiger partial charge on any atom is -0.376 e. The number of amides is 2. The summed E-state index contributed by atoms with van der Waals surface area (Å²) in [5.41, 5.74) is 5.38. The number of carbonyl (C=O) groups is 1. The van der Waals surface area contributed by atoms with Gasteiger partial charge in [-0.15, -0.1) is 11.3 Å². The maximum absolute atomic E-state index is 11.9. The number of nitrogens with one attached hydrogen (secondary N) is 2. The van der Waals surface area contributed by atoms with Crippen LogP contribution in [0.3, 0.4) is 0 Å². The van der Waals surface area contributed by atoms with Gasteiger partial charge in [0, 0.05) is 24.2 Å². The second-order valence-corrected chi connectivity index (χ2v) is 7.25. The molecule has 0 aliphatic carbocycles. The van der Waals surface area contributed by atoms with Gasteiger partial charge in [-0.05, 0) is 46.1 Å². The number of fused-ring (bicyclic) bond motifs is 1. The molecule has 1 atom stereocenters. The molecule has 7 nitrogen and oxygen atoms in total. The first-order chi connectivity index (χ1) is 12.0. The van der Waals surface area contributed by atoms with Crippen molar-refractivity contribution in [3.05, 3.63) is 22.0 Å². The second-order valence-electron chi connectivity index (χ2n) is 6.25. The molecule has 3 heterocycles. The Morgan fingerprint density at radius 2 is 2.16 bits per heavy atom. The maximum Gasteiger partial charge on any atom is 0.335 e. The van der Waals surface area contributed by atoms with Gasteiger partial charge in [-0.1, -0.05) is 0 Å². The van der Waals surface area contributed by atoms with E-state index in [2.05, 4.69) is 25.8 Å². The molecule has 1 fully saturated rings. The van der Waals surface area contributed by atoms with Crippen molar-refractivity contribution in [2.45, 2.75) is 46.6 Å². The van der Waals surface area contributed by atoms with Gasteiger partial charge in [-0.25, -0.2) is 20.2 Å². The molecule has 0 spiro atoms. The number of aromatic nitrogens is 2. The lowest BCUT2D eigenvalue weighted by molar-refractivity contribution is 0.111. The Morgan fingerprint density at radius 3 is 2.88 bits per heavy atom. The largest absolute Gasteiger partial charge is 0.376 e. The first-order valence-corrected chi connectivity index (χ1v) is 9.21. The quantitative estimate of drug-likeness (QED) is 0.647. The van der Waals surface area contributed by atoms with Gasteiger partial charge in [0.2, 0.25) is 0 Å². The topological polar surface area (TPSA) is 88.5 Å². The number of hydrazone groups is 1. The molecule has 25 heavy (non-hydrogen) atoms. The van der Waals surface area contributed by atoms with Crippen LogP contribution in [0.2, 0.25) is 0 Å². The van der Waals surface area contributed by atoms with Gasteiger partial charge in [0.25, 0.3) is 0 Å². The molecular formula is C17H23N5O2S. The lowest BCUT2D eigenvalue weighted by Gasteiger charge is -2.10. The second kappa shape index (κ2) is 7.45. The van der Waals surface area contributed by atoms with E-state index in [4.69, 9.17) is 4.74 Å². The zero-order chi connectivity index (χ0) is 18.0. The van der Waals surface area contributed by atoms with Gasteiger partial charge in [-0.2, -0.15) is 5.10 Å². The summed E-state index contributed by atoms with van der Waals surface area (Å²) in [6.07, 6.45) is 2.16. The average Bonchev–Trinajstić information content (AvgIpc) is 3.18. The smallest absolute Gasteiger partial charge is 0.335 e. The predicted octanol–water partition coefficient (Wildman–Crippen LogP) is 2.82. The fourth-order valence-corrected chi connectivity index (χ4v) is 4.28. The highest BCUT2D eigenvalue weighted by molar-refractivity contribution is 7.20. The Labute approximate surface area is 150 Å². The van der Waals surface area contributed by atoms with Crippen molar-refractivity contribution in [1.29, 1.82) is 0 Å². The van der Waals surface area contributed by atoms with E-state index in [1.54, 1.807) is 11.3 Å². The number of urea groups is 1. The van der Waals surface area contributed by atoms with Crippen LogP contribution in [-0.4, -0.2) is 41.0 Å². The normalized spacial score (nSPS) is 17.9. The van der Waals surface area contributed by atoms with Crippen molar-refractivity contribution in [3.63, 3.8) is 0 Å². The van der Waals surface area contributed by atoms with Crippen LogP contribution in [0.15, 0.2) is 5.10 Å². The zero-order valence-corrected chi connectivity index (χ0v) is 15.8. The van der Waals surface area contributed by atoms with Crippen molar-refractivity contribution in [3.8, 4) is 0 Å². The Kier molecular flexibility index (Phi) is 5.29. The van der Waals surface area contributed by atoms with E-state index in [0.717, 1.165) is 57.3 Å². The molecular weight excluding hydrogens is 338 g/mol. The molecule has 1 aliphatic heterocycles. The Morgan fingerprint density at radius 1 is 1.36 bits per heavy atom. The third-order valence-electron chi connectivity index (χ3n) is 4.25. The number of ether oxygens (including phenoxy) is 1. The third kappa shape index (κ3) is 3.96. The SMILES string of the molecule is CC(=NNC(=O)NC[C@H]1CCCO1)c1sc2nc(C)nc(C)c2c1C. The molecule has 2 aromatic heterocycles. The van der Waals surface area contributed by atoms with Crippen LogP contribution < -0.4 is 10.7 Å². The van der Waals surface area contributed by atoms with Gasteiger partial charge in [0.15, 0.2) is 0 Å².